The fraction of sp³-hybridized carbons (Fsp3) is 0.750. The number of nitrogens with zero attached hydrogens (tertiary/aromatic N) is 2. The van der Waals surface area contributed by atoms with Gasteiger partial charge in [-0.05, 0) is 39.1 Å². The number of aromatic nitrogens is 1. The minimum atomic E-state index is 0.0657. The van der Waals surface area contributed by atoms with Gasteiger partial charge in [0.25, 0.3) is 0 Å². The molecule has 17 heavy (non-hydrogen) atoms. The van der Waals surface area contributed by atoms with Crippen LogP contribution in [0.2, 0.25) is 0 Å². The zero-order valence-electron chi connectivity index (χ0n) is 10.6. The predicted octanol–water partition coefficient (Wildman–Crippen LogP) is 2.49. The highest BCUT2D eigenvalue weighted by Crippen LogP contribution is 2.23. The van der Waals surface area contributed by atoms with Crippen molar-refractivity contribution in [3.8, 4) is 0 Å². The van der Waals surface area contributed by atoms with E-state index in [0.29, 0.717) is 0 Å². The Bertz CT molecular complexity index is 343. The molecular formula is C12H21N3S2. The highest BCUT2D eigenvalue weighted by Gasteiger charge is 2.19. The van der Waals surface area contributed by atoms with Gasteiger partial charge in [-0.3, -0.25) is 4.90 Å². The van der Waals surface area contributed by atoms with Gasteiger partial charge in [0.05, 0.1) is 11.7 Å². The molecule has 0 aliphatic carbocycles. The summed E-state index contributed by atoms with van der Waals surface area (Å²) in [5.41, 5.74) is 7.01. The quantitative estimate of drug-likeness (QED) is 0.913. The average Bonchev–Trinajstić information content (AvgIpc) is 2.79. The van der Waals surface area contributed by atoms with Gasteiger partial charge < -0.3 is 5.73 Å². The maximum absolute atomic E-state index is 5.83. The Morgan fingerprint density at radius 2 is 2.29 bits per heavy atom. The van der Waals surface area contributed by atoms with Crippen LogP contribution in [0.15, 0.2) is 5.38 Å². The molecule has 1 aromatic rings. The van der Waals surface area contributed by atoms with Crippen molar-refractivity contribution in [1.29, 1.82) is 0 Å². The molecule has 1 atom stereocenters. The van der Waals surface area contributed by atoms with E-state index < -0.39 is 0 Å². The molecule has 1 unspecified atom stereocenters. The minimum absolute atomic E-state index is 0.0657. The molecule has 1 aromatic heterocycles. The SMILES string of the molecule is CSC1CCN(Cc2csc(C(C)N)n2)CC1. The van der Waals surface area contributed by atoms with E-state index in [-0.39, 0.29) is 6.04 Å². The van der Waals surface area contributed by atoms with Crippen molar-refractivity contribution in [3.63, 3.8) is 0 Å². The molecule has 0 amide bonds. The van der Waals surface area contributed by atoms with E-state index in [4.69, 9.17) is 5.73 Å². The first-order valence-corrected chi connectivity index (χ1v) is 8.31. The Labute approximate surface area is 112 Å². The number of thiazole rings is 1. The van der Waals surface area contributed by atoms with Crippen molar-refractivity contribution in [1.82, 2.24) is 9.88 Å². The molecule has 2 rings (SSSR count). The smallest absolute Gasteiger partial charge is 0.109 e. The molecule has 1 saturated heterocycles. The Kier molecular flexibility index (Phi) is 4.85. The molecule has 1 fully saturated rings. The topological polar surface area (TPSA) is 42.1 Å². The number of likely N-dealkylation sites (tertiary alicyclic amines) is 1. The first kappa shape index (κ1) is 13.3. The summed E-state index contributed by atoms with van der Waals surface area (Å²) in [7, 11) is 0. The fourth-order valence-corrected chi connectivity index (χ4v) is 3.59. The number of thioether (sulfide) groups is 1. The van der Waals surface area contributed by atoms with E-state index in [1.807, 2.05) is 18.7 Å². The van der Waals surface area contributed by atoms with Gasteiger partial charge in [-0.1, -0.05) is 0 Å². The van der Waals surface area contributed by atoms with Gasteiger partial charge in [-0.2, -0.15) is 11.8 Å². The van der Waals surface area contributed by atoms with E-state index >= 15 is 0 Å². The minimum Gasteiger partial charge on any atom is -0.322 e. The van der Waals surface area contributed by atoms with Crippen molar-refractivity contribution in [2.45, 2.75) is 37.6 Å². The molecule has 0 aromatic carbocycles. The summed E-state index contributed by atoms with van der Waals surface area (Å²) < 4.78 is 0. The van der Waals surface area contributed by atoms with Crippen LogP contribution in [0.25, 0.3) is 0 Å². The third kappa shape index (κ3) is 3.68. The third-order valence-corrected chi connectivity index (χ3v) is 5.45. The third-order valence-electron chi connectivity index (χ3n) is 3.21. The van der Waals surface area contributed by atoms with Crippen molar-refractivity contribution in [3.05, 3.63) is 16.1 Å². The van der Waals surface area contributed by atoms with Crippen LogP contribution in [0.5, 0.6) is 0 Å². The van der Waals surface area contributed by atoms with Crippen LogP contribution >= 0.6 is 23.1 Å². The lowest BCUT2D eigenvalue weighted by Gasteiger charge is -2.30. The monoisotopic (exact) mass is 271 g/mol. The molecule has 3 nitrogen and oxygen atoms in total. The Morgan fingerprint density at radius 1 is 1.59 bits per heavy atom. The van der Waals surface area contributed by atoms with Gasteiger partial charge in [0.1, 0.15) is 5.01 Å². The molecule has 0 radical (unpaired) electrons. The molecule has 2 heterocycles. The van der Waals surface area contributed by atoms with Crippen LogP contribution in [0.1, 0.15) is 36.5 Å². The van der Waals surface area contributed by atoms with Crippen molar-refractivity contribution >= 4 is 23.1 Å². The lowest BCUT2D eigenvalue weighted by Crippen LogP contribution is -2.34. The van der Waals surface area contributed by atoms with Gasteiger partial charge in [0.2, 0.25) is 0 Å². The number of hydrogen-bond donors (Lipinski definition) is 1. The second-order valence-corrected chi connectivity index (χ2v) is 6.70. The molecule has 0 spiro atoms. The van der Waals surface area contributed by atoms with E-state index in [0.717, 1.165) is 16.8 Å². The lowest BCUT2D eigenvalue weighted by atomic mass is 10.1. The zero-order chi connectivity index (χ0) is 12.3. The summed E-state index contributed by atoms with van der Waals surface area (Å²) in [5, 5.41) is 4.07. The van der Waals surface area contributed by atoms with Gasteiger partial charge >= 0.3 is 0 Å². The highest BCUT2D eigenvalue weighted by molar-refractivity contribution is 7.99. The van der Waals surface area contributed by atoms with E-state index in [2.05, 4.69) is 21.5 Å². The summed E-state index contributed by atoms with van der Waals surface area (Å²) in [6.07, 6.45) is 4.84. The van der Waals surface area contributed by atoms with Crippen molar-refractivity contribution in [2.24, 2.45) is 5.73 Å². The van der Waals surface area contributed by atoms with Crippen LogP contribution < -0.4 is 5.73 Å². The first-order valence-electron chi connectivity index (χ1n) is 6.14. The fourth-order valence-electron chi connectivity index (χ4n) is 2.14. The van der Waals surface area contributed by atoms with Gasteiger partial charge in [-0.25, -0.2) is 4.98 Å². The van der Waals surface area contributed by atoms with Gasteiger partial charge in [-0.15, -0.1) is 11.3 Å². The van der Waals surface area contributed by atoms with Crippen molar-refractivity contribution in [2.75, 3.05) is 19.3 Å². The number of piperidine rings is 1. The zero-order valence-corrected chi connectivity index (χ0v) is 12.2. The molecule has 96 valence electrons. The van der Waals surface area contributed by atoms with Crippen LogP contribution in [-0.2, 0) is 6.54 Å². The standard InChI is InChI=1S/C12H21N3S2/c1-9(13)12-14-10(8-17-12)7-15-5-3-11(16-2)4-6-15/h8-9,11H,3-7,13H2,1-2H3. The molecule has 0 saturated carbocycles. The van der Waals surface area contributed by atoms with Crippen molar-refractivity contribution < 1.29 is 0 Å². The summed E-state index contributed by atoms with van der Waals surface area (Å²) in [5.74, 6) is 0. The summed E-state index contributed by atoms with van der Waals surface area (Å²) >= 11 is 3.69. The summed E-state index contributed by atoms with van der Waals surface area (Å²) in [6.45, 7) is 5.39. The summed E-state index contributed by atoms with van der Waals surface area (Å²) in [6, 6.07) is 0.0657. The van der Waals surface area contributed by atoms with E-state index in [9.17, 15) is 0 Å². The molecular weight excluding hydrogens is 250 g/mol. The highest BCUT2D eigenvalue weighted by atomic mass is 32.2. The van der Waals surface area contributed by atoms with Crippen LogP contribution in [0.4, 0.5) is 0 Å². The second kappa shape index (κ2) is 6.18. The largest absolute Gasteiger partial charge is 0.322 e. The van der Waals surface area contributed by atoms with E-state index in [1.165, 1.54) is 31.6 Å². The van der Waals surface area contributed by atoms with E-state index in [1.54, 1.807) is 11.3 Å². The number of rotatable bonds is 4. The predicted molar refractivity (Wildman–Crippen MR) is 76.5 cm³/mol. The molecule has 5 heteroatoms. The molecule has 1 aliphatic heterocycles. The molecule has 2 N–H and O–H groups in total. The van der Waals surface area contributed by atoms with Crippen LogP contribution in [-0.4, -0.2) is 34.5 Å². The van der Waals surface area contributed by atoms with Gasteiger partial charge in [0, 0.05) is 17.2 Å². The van der Waals surface area contributed by atoms with Crippen LogP contribution in [0.3, 0.4) is 0 Å². The number of nitrogens with two attached hydrogens (primary N) is 1. The molecule has 0 bridgehead atoms. The Morgan fingerprint density at radius 3 is 2.82 bits per heavy atom. The first-order chi connectivity index (χ1) is 8.19. The summed E-state index contributed by atoms with van der Waals surface area (Å²) in [4.78, 5) is 7.10. The Hall–Kier alpha value is -0.100. The van der Waals surface area contributed by atoms with Crippen LogP contribution in [0, 0.1) is 0 Å². The maximum Gasteiger partial charge on any atom is 0.109 e. The number of hydrogen-bond acceptors (Lipinski definition) is 5. The lowest BCUT2D eigenvalue weighted by molar-refractivity contribution is 0.223. The maximum atomic E-state index is 5.83. The second-order valence-electron chi connectivity index (χ2n) is 4.68. The normalized spacial score (nSPS) is 20.6. The molecule has 1 aliphatic rings. The Balaban J connectivity index is 1.84. The average molecular weight is 271 g/mol. The van der Waals surface area contributed by atoms with Gasteiger partial charge in [0.15, 0.2) is 0 Å².